The van der Waals surface area contributed by atoms with Crippen molar-refractivity contribution in [3.05, 3.63) is 59.0 Å². The van der Waals surface area contributed by atoms with E-state index in [1.807, 2.05) is 6.92 Å². The summed E-state index contributed by atoms with van der Waals surface area (Å²) in [6.45, 7) is 7.15. The Kier molecular flexibility index (Phi) is 9.73. The zero-order chi connectivity index (χ0) is 25.3. The molecule has 0 aliphatic heterocycles. The van der Waals surface area contributed by atoms with E-state index in [-0.39, 0.29) is 80.3 Å². The van der Waals surface area contributed by atoms with Crippen LogP contribution in [0, 0.1) is 11.2 Å². The molecule has 4 rings (SSSR count). The molecular formula is C24H31FKN7O2. The SMILES string of the molecule is CC(C)(C)O.CNc1cc(F)ccc1C(=N)c1cnc2[nH]cc(C(=O)NC3(C)CC([NH-])C3)c2n1.[K+]. The van der Waals surface area contributed by atoms with E-state index in [4.69, 9.17) is 16.2 Å². The van der Waals surface area contributed by atoms with Crippen LogP contribution in [0.3, 0.4) is 0 Å². The number of nitrogens with zero attached hydrogens (tertiary/aromatic N) is 2. The fraction of sp³-hybridized carbons (Fsp3) is 0.417. The maximum absolute atomic E-state index is 13.5. The predicted molar refractivity (Wildman–Crippen MR) is 131 cm³/mol. The summed E-state index contributed by atoms with van der Waals surface area (Å²) in [6, 6.07) is 3.95. The van der Waals surface area contributed by atoms with Gasteiger partial charge in [0.25, 0.3) is 5.91 Å². The van der Waals surface area contributed by atoms with Crippen LogP contribution in [-0.4, -0.2) is 55.9 Å². The number of hydrogen-bond acceptors (Lipinski definition) is 6. The third-order valence-corrected chi connectivity index (χ3v) is 5.21. The molecule has 35 heavy (non-hydrogen) atoms. The van der Waals surface area contributed by atoms with E-state index < -0.39 is 11.4 Å². The fourth-order valence-electron chi connectivity index (χ4n) is 3.74. The van der Waals surface area contributed by atoms with Gasteiger partial charge in [0.2, 0.25) is 0 Å². The van der Waals surface area contributed by atoms with Crippen LogP contribution in [0.4, 0.5) is 10.1 Å². The molecule has 2 heterocycles. The first-order valence-electron chi connectivity index (χ1n) is 11.0. The molecular weight excluding hydrogens is 476 g/mol. The van der Waals surface area contributed by atoms with Crippen LogP contribution in [0.2, 0.25) is 0 Å². The molecule has 1 amide bonds. The molecule has 1 aromatic carbocycles. The second kappa shape index (κ2) is 11.5. The monoisotopic (exact) mass is 507 g/mol. The molecule has 0 spiro atoms. The van der Waals surface area contributed by atoms with Gasteiger partial charge in [0.05, 0.1) is 23.1 Å². The van der Waals surface area contributed by atoms with Gasteiger partial charge in [-0.1, -0.05) is 0 Å². The van der Waals surface area contributed by atoms with Crippen molar-refractivity contribution in [2.24, 2.45) is 0 Å². The van der Waals surface area contributed by atoms with E-state index in [0.29, 0.717) is 40.8 Å². The Hall–Kier alpha value is -1.73. The van der Waals surface area contributed by atoms with E-state index in [2.05, 4.69) is 25.6 Å². The molecule has 9 nitrogen and oxygen atoms in total. The number of aliphatic hydroxyl groups is 1. The molecule has 6 N–H and O–H groups in total. The number of nitrogens with one attached hydrogen (secondary N) is 5. The molecule has 0 unspecified atom stereocenters. The number of carbonyl (C=O) groups is 1. The number of aromatic amines is 1. The molecule has 0 saturated heterocycles. The second-order valence-electron chi connectivity index (χ2n) is 9.76. The van der Waals surface area contributed by atoms with Gasteiger partial charge in [-0.2, -0.15) is 0 Å². The van der Waals surface area contributed by atoms with Crippen molar-refractivity contribution < 1.29 is 65.7 Å². The zero-order valence-corrected chi connectivity index (χ0v) is 24.1. The topological polar surface area (TPSA) is 151 Å². The summed E-state index contributed by atoms with van der Waals surface area (Å²) in [5, 5.41) is 22.9. The van der Waals surface area contributed by atoms with Gasteiger partial charge in [0.1, 0.15) is 17.0 Å². The third-order valence-electron chi connectivity index (χ3n) is 5.21. The summed E-state index contributed by atoms with van der Waals surface area (Å²) >= 11 is 0. The molecule has 1 aliphatic carbocycles. The van der Waals surface area contributed by atoms with Gasteiger partial charge in [0, 0.05) is 30.0 Å². The number of halogens is 1. The van der Waals surface area contributed by atoms with Gasteiger partial charge in [-0.05, 0) is 58.7 Å². The Morgan fingerprint density at radius 2 is 1.94 bits per heavy atom. The average molecular weight is 508 g/mol. The molecule has 1 saturated carbocycles. The van der Waals surface area contributed by atoms with E-state index in [1.54, 1.807) is 34.0 Å². The zero-order valence-electron chi connectivity index (χ0n) is 21.0. The minimum Gasteiger partial charge on any atom is -0.675 e. The average Bonchev–Trinajstić information content (AvgIpc) is 3.14. The Bertz CT molecular complexity index is 1210. The third kappa shape index (κ3) is 7.62. The number of carbonyl (C=O) groups excluding carboxylic acids is 1. The first-order chi connectivity index (χ1) is 15.8. The Balaban J connectivity index is 0.000000656. The number of anilines is 1. The number of fused-ring (bicyclic) bond motifs is 1. The Labute approximate surface area is 246 Å². The van der Waals surface area contributed by atoms with Crippen molar-refractivity contribution in [1.29, 1.82) is 5.41 Å². The molecule has 3 aromatic rings. The maximum Gasteiger partial charge on any atom is 1.00 e. The summed E-state index contributed by atoms with van der Waals surface area (Å²) in [7, 11) is 1.65. The van der Waals surface area contributed by atoms with E-state index >= 15 is 0 Å². The smallest absolute Gasteiger partial charge is 0.675 e. The van der Waals surface area contributed by atoms with Crippen molar-refractivity contribution >= 4 is 28.5 Å². The van der Waals surface area contributed by atoms with Crippen molar-refractivity contribution in [3.63, 3.8) is 0 Å². The molecule has 2 aromatic heterocycles. The molecule has 1 aliphatic rings. The Morgan fingerprint density at radius 3 is 2.51 bits per heavy atom. The van der Waals surface area contributed by atoms with Crippen molar-refractivity contribution in [3.8, 4) is 0 Å². The van der Waals surface area contributed by atoms with Gasteiger partial charge < -0.3 is 26.5 Å². The summed E-state index contributed by atoms with van der Waals surface area (Å²) < 4.78 is 13.5. The van der Waals surface area contributed by atoms with Gasteiger partial charge in [-0.3, -0.25) is 10.2 Å². The molecule has 0 atom stereocenters. The molecule has 0 bridgehead atoms. The molecule has 0 radical (unpaired) electrons. The van der Waals surface area contributed by atoms with Crippen LogP contribution in [-0.2, 0) is 0 Å². The van der Waals surface area contributed by atoms with Gasteiger partial charge in [-0.25, -0.2) is 14.4 Å². The van der Waals surface area contributed by atoms with Gasteiger partial charge in [0.15, 0.2) is 5.65 Å². The number of amides is 1. The number of rotatable bonds is 5. The number of hydrogen-bond donors (Lipinski definition) is 5. The van der Waals surface area contributed by atoms with Crippen molar-refractivity contribution in [1.82, 2.24) is 20.3 Å². The van der Waals surface area contributed by atoms with Crippen molar-refractivity contribution in [2.45, 2.75) is 57.7 Å². The van der Waals surface area contributed by atoms with E-state index in [0.717, 1.165) is 0 Å². The summed E-state index contributed by atoms with van der Waals surface area (Å²) in [4.78, 5) is 24.5. The van der Waals surface area contributed by atoms with Crippen LogP contribution in [0.5, 0.6) is 0 Å². The normalized spacial score (nSPS) is 19.0. The van der Waals surface area contributed by atoms with Gasteiger partial charge in [-0.15, -0.1) is 6.04 Å². The fourth-order valence-corrected chi connectivity index (χ4v) is 3.74. The number of H-pyrrole nitrogens is 1. The van der Waals surface area contributed by atoms with Crippen LogP contribution in [0.25, 0.3) is 16.9 Å². The van der Waals surface area contributed by atoms with E-state index in [9.17, 15) is 9.18 Å². The standard InChI is InChI=1S/C20H21FN7O.C4H10O.K/c1-20(6-11(22)7-20)28-19(29)13-8-25-18-17(13)27-15(9-26-18)16(23)12-4-3-10(21)5-14(12)24-2;1-4(2,3)5;/h3-5,8-9,11,22-24H,6-7H2,1-2H3,(H,25,26)(H,28,29);5H,1-3H3;/q-1;;+1. The minimum atomic E-state index is -0.500. The predicted octanol–water partition coefficient (Wildman–Crippen LogP) is 1.04. The van der Waals surface area contributed by atoms with E-state index in [1.165, 1.54) is 24.4 Å². The summed E-state index contributed by atoms with van der Waals surface area (Å²) in [5.74, 6) is -0.697. The largest absolute Gasteiger partial charge is 1.00 e. The number of aromatic nitrogens is 3. The number of benzene rings is 1. The molecule has 1 fully saturated rings. The Morgan fingerprint density at radius 1 is 1.31 bits per heavy atom. The van der Waals surface area contributed by atoms with Crippen LogP contribution in [0.15, 0.2) is 30.6 Å². The molecule has 182 valence electrons. The first-order valence-corrected chi connectivity index (χ1v) is 11.0. The van der Waals surface area contributed by atoms with Crippen molar-refractivity contribution in [2.75, 3.05) is 12.4 Å². The van der Waals surface area contributed by atoms with Crippen LogP contribution >= 0.6 is 0 Å². The van der Waals surface area contributed by atoms with Crippen LogP contribution in [0.1, 0.15) is 62.2 Å². The first kappa shape index (κ1) is 29.5. The van der Waals surface area contributed by atoms with Crippen LogP contribution < -0.4 is 62.0 Å². The second-order valence-corrected chi connectivity index (χ2v) is 9.76. The quantitative estimate of drug-likeness (QED) is 0.258. The molecule has 11 heteroatoms. The maximum atomic E-state index is 13.5. The summed E-state index contributed by atoms with van der Waals surface area (Å²) in [6.07, 6.45) is 4.22. The summed E-state index contributed by atoms with van der Waals surface area (Å²) in [5.41, 5.74) is 9.23. The van der Waals surface area contributed by atoms with Gasteiger partial charge >= 0.3 is 51.4 Å². The minimum absolute atomic E-state index is 0.